The molecule has 3 rings (SSSR count). The van der Waals surface area contributed by atoms with Gasteiger partial charge in [-0.1, -0.05) is 43.6 Å². The number of H-pyrrole nitrogens is 1. The van der Waals surface area contributed by atoms with Gasteiger partial charge in [0.1, 0.15) is 11.2 Å². The minimum atomic E-state index is -0.400. The maximum absolute atomic E-state index is 12.3. The van der Waals surface area contributed by atoms with E-state index in [9.17, 15) is 9.90 Å². The first-order valence-electron chi connectivity index (χ1n) is 6.59. The number of hydrogen-bond acceptors (Lipinski definition) is 3. The van der Waals surface area contributed by atoms with Crippen LogP contribution >= 0.6 is 11.6 Å². The highest BCUT2D eigenvalue weighted by Crippen LogP contribution is 2.31. The fourth-order valence-corrected chi connectivity index (χ4v) is 2.46. The number of nitrogens with zero attached hydrogens (tertiary/aromatic N) is 2. The predicted octanol–water partition coefficient (Wildman–Crippen LogP) is 3.17. The summed E-state index contributed by atoms with van der Waals surface area (Å²) in [5, 5.41) is 15.1. The van der Waals surface area contributed by atoms with Crippen LogP contribution in [0.3, 0.4) is 0 Å². The molecule has 0 saturated heterocycles. The quantitative estimate of drug-likeness (QED) is 0.764. The number of aromatic hydroxyl groups is 1. The molecule has 0 aliphatic rings. The summed E-state index contributed by atoms with van der Waals surface area (Å²) in [6.45, 7) is 3.98. The number of fused-ring (bicyclic) bond motifs is 1. The van der Waals surface area contributed by atoms with Crippen molar-refractivity contribution >= 4 is 17.2 Å². The summed E-state index contributed by atoms with van der Waals surface area (Å²) in [6.07, 6.45) is 0. The molecule has 0 aliphatic carbocycles. The second kappa shape index (κ2) is 4.93. The number of aromatic nitrogens is 3. The van der Waals surface area contributed by atoms with E-state index in [-0.39, 0.29) is 17.4 Å². The average Bonchev–Trinajstić information content (AvgIpc) is 2.85. The first-order valence-corrected chi connectivity index (χ1v) is 6.96. The van der Waals surface area contributed by atoms with Gasteiger partial charge in [-0.2, -0.15) is 9.61 Å². The Balaban J connectivity index is 2.34. The summed E-state index contributed by atoms with van der Waals surface area (Å²) in [5.41, 5.74) is 1.44. The lowest BCUT2D eigenvalue weighted by molar-refractivity contribution is 0.435. The Morgan fingerprint density at radius 2 is 2.05 bits per heavy atom. The molecule has 0 bridgehead atoms. The minimum Gasteiger partial charge on any atom is -0.493 e. The second-order valence-corrected chi connectivity index (χ2v) is 5.56. The zero-order valence-electron chi connectivity index (χ0n) is 11.6. The van der Waals surface area contributed by atoms with Gasteiger partial charge in [0.05, 0.1) is 5.69 Å². The largest absolute Gasteiger partial charge is 0.493 e. The molecule has 1 aromatic carbocycles. The highest BCUT2D eigenvalue weighted by atomic mass is 35.5. The number of aromatic amines is 1. The highest BCUT2D eigenvalue weighted by Gasteiger charge is 2.18. The van der Waals surface area contributed by atoms with Crippen LogP contribution in [0, 0.1) is 0 Å². The predicted molar refractivity (Wildman–Crippen MR) is 82.0 cm³/mol. The van der Waals surface area contributed by atoms with Crippen LogP contribution in [0.5, 0.6) is 5.88 Å². The van der Waals surface area contributed by atoms with E-state index in [1.54, 1.807) is 30.3 Å². The lowest BCUT2D eigenvalue weighted by Gasteiger charge is -2.07. The summed E-state index contributed by atoms with van der Waals surface area (Å²) in [5.74, 6) is -0.0229. The summed E-state index contributed by atoms with van der Waals surface area (Å²) in [6, 6.07) is 8.63. The van der Waals surface area contributed by atoms with Crippen LogP contribution in [0.2, 0.25) is 5.02 Å². The van der Waals surface area contributed by atoms with Gasteiger partial charge in [-0.25, -0.2) is 0 Å². The molecule has 6 heteroatoms. The summed E-state index contributed by atoms with van der Waals surface area (Å²) in [4.78, 5) is 15.0. The normalized spacial score (nSPS) is 11.4. The average molecular weight is 304 g/mol. The number of halogens is 1. The number of hydrogen-bond donors (Lipinski definition) is 2. The number of nitrogens with one attached hydrogen (secondary N) is 1. The van der Waals surface area contributed by atoms with Crippen LogP contribution in [-0.4, -0.2) is 19.7 Å². The standard InChI is InChI=1S/C15H14ClN3O2/c1-8(2)11-7-12-17-14(20)13(15(21)19(12)18-11)9-5-3-4-6-10(9)16/h3-8,21H,1-2H3,(H,17,20). The van der Waals surface area contributed by atoms with E-state index >= 15 is 0 Å². The smallest absolute Gasteiger partial charge is 0.262 e. The summed E-state index contributed by atoms with van der Waals surface area (Å²) in [7, 11) is 0. The molecule has 108 valence electrons. The van der Waals surface area contributed by atoms with Crippen LogP contribution in [0.15, 0.2) is 35.1 Å². The summed E-state index contributed by atoms with van der Waals surface area (Å²) >= 11 is 6.12. The lowest BCUT2D eigenvalue weighted by Crippen LogP contribution is -2.12. The molecule has 0 spiro atoms. The van der Waals surface area contributed by atoms with Gasteiger partial charge in [-0.05, 0) is 12.0 Å². The molecule has 0 aliphatic heterocycles. The Kier molecular flexibility index (Phi) is 3.22. The molecule has 0 amide bonds. The maximum atomic E-state index is 12.3. The number of benzene rings is 1. The van der Waals surface area contributed by atoms with Gasteiger partial charge in [0.15, 0.2) is 0 Å². The molecule has 5 nitrogen and oxygen atoms in total. The molecule has 3 aromatic rings. The Labute approximate surface area is 125 Å². The molecule has 2 aromatic heterocycles. The van der Waals surface area contributed by atoms with Crippen LogP contribution in [0.1, 0.15) is 25.5 Å². The topological polar surface area (TPSA) is 70.4 Å². The zero-order valence-corrected chi connectivity index (χ0v) is 12.3. The molecule has 2 heterocycles. The van der Waals surface area contributed by atoms with Crippen LogP contribution in [0.25, 0.3) is 16.8 Å². The molecule has 0 fully saturated rings. The van der Waals surface area contributed by atoms with Gasteiger partial charge >= 0.3 is 0 Å². The van der Waals surface area contributed by atoms with Crippen molar-refractivity contribution in [3.63, 3.8) is 0 Å². The molecule has 21 heavy (non-hydrogen) atoms. The minimum absolute atomic E-state index is 0.117. The third-order valence-corrected chi connectivity index (χ3v) is 3.69. The Morgan fingerprint density at radius 1 is 1.33 bits per heavy atom. The van der Waals surface area contributed by atoms with Gasteiger partial charge in [-0.3, -0.25) is 4.79 Å². The molecule has 0 radical (unpaired) electrons. The number of rotatable bonds is 2. The SMILES string of the molecule is CC(C)c1cc2[nH]c(=O)c(-c3ccccc3Cl)c(O)n2n1. The molecular weight excluding hydrogens is 290 g/mol. The molecule has 0 saturated carbocycles. The van der Waals surface area contributed by atoms with Gasteiger partial charge in [0.2, 0.25) is 5.88 Å². The zero-order chi connectivity index (χ0) is 15.1. The highest BCUT2D eigenvalue weighted by molar-refractivity contribution is 6.33. The van der Waals surface area contributed by atoms with Crippen molar-refractivity contribution in [3.05, 3.63) is 51.4 Å². The first kappa shape index (κ1) is 13.7. The van der Waals surface area contributed by atoms with E-state index in [2.05, 4.69) is 10.1 Å². The van der Waals surface area contributed by atoms with Crippen LogP contribution in [-0.2, 0) is 0 Å². The fraction of sp³-hybridized carbons (Fsp3) is 0.200. The molecule has 0 unspecified atom stereocenters. The second-order valence-electron chi connectivity index (χ2n) is 5.15. The fourth-order valence-electron chi connectivity index (χ4n) is 2.23. The van der Waals surface area contributed by atoms with E-state index in [0.717, 1.165) is 5.69 Å². The lowest BCUT2D eigenvalue weighted by atomic mass is 10.1. The Hall–Kier alpha value is -2.27. The van der Waals surface area contributed by atoms with Crippen molar-refractivity contribution in [2.45, 2.75) is 19.8 Å². The first-order chi connectivity index (χ1) is 9.99. The summed E-state index contributed by atoms with van der Waals surface area (Å²) < 4.78 is 1.33. The van der Waals surface area contributed by atoms with Crippen molar-refractivity contribution in [3.8, 4) is 17.0 Å². The van der Waals surface area contributed by atoms with E-state index in [4.69, 9.17) is 11.6 Å². The van der Waals surface area contributed by atoms with Crippen molar-refractivity contribution in [1.82, 2.24) is 14.6 Å². The van der Waals surface area contributed by atoms with Crippen molar-refractivity contribution in [1.29, 1.82) is 0 Å². The van der Waals surface area contributed by atoms with E-state index < -0.39 is 5.56 Å². The van der Waals surface area contributed by atoms with E-state index in [1.807, 2.05) is 13.8 Å². The Bertz CT molecular complexity index is 880. The van der Waals surface area contributed by atoms with Crippen molar-refractivity contribution < 1.29 is 5.11 Å². The maximum Gasteiger partial charge on any atom is 0.262 e. The van der Waals surface area contributed by atoms with Crippen molar-refractivity contribution in [2.75, 3.05) is 0 Å². The van der Waals surface area contributed by atoms with Crippen molar-refractivity contribution in [2.24, 2.45) is 0 Å². The Morgan fingerprint density at radius 3 is 2.71 bits per heavy atom. The third kappa shape index (κ3) is 2.19. The van der Waals surface area contributed by atoms with E-state index in [1.165, 1.54) is 4.52 Å². The molecule has 2 N–H and O–H groups in total. The van der Waals surface area contributed by atoms with Crippen LogP contribution in [0.4, 0.5) is 0 Å². The van der Waals surface area contributed by atoms with Crippen LogP contribution < -0.4 is 5.56 Å². The monoisotopic (exact) mass is 303 g/mol. The van der Waals surface area contributed by atoms with Gasteiger partial charge in [0, 0.05) is 16.7 Å². The van der Waals surface area contributed by atoms with Gasteiger partial charge < -0.3 is 10.1 Å². The van der Waals surface area contributed by atoms with Gasteiger partial charge in [0.25, 0.3) is 5.56 Å². The van der Waals surface area contributed by atoms with E-state index in [0.29, 0.717) is 16.2 Å². The molecular formula is C15H14ClN3O2. The van der Waals surface area contributed by atoms with Gasteiger partial charge in [-0.15, -0.1) is 0 Å². The molecule has 0 atom stereocenters. The third-order valence-electron chi connectivity index (χ3n) is 3.36.